The van der Waals surface area contributed by atoms with Gasteiger partial charge in [0.15, 0.2) is 0 Å². The van der Waals surface area contributed by atoms with Crippen molar-refractivity contribution in [3.63, 3.8) is 0 Å². The molecule has 0 aliphatic rings. The number of aromatic carboxylic acids is 4. The molecule has 0 amide bonds. The molecule has 0 spiro atoms. The average Bonchev–Trinajstić information content (AvgIpc) is 2.94. The number of carboxylic acid groups (broad SMARTS) is 4. The van der Waals surface area contributed by atoms with Gasteiger partial charge in [0.25, 0.3) is 0 Å². The molecule has 218 valence electrons. The van der Waals surface area contributed by atoms with E-state index in [2.05, 4.69) is 19.9 Å². The molecule has 4 heterocycles. The number of rotatable bonds is 6. The summed E-state index contributed by atoms with van der Waals surface area (Å²) in [5.74, 6) is -4.30. The van der Waals surface area contributed by atoms with Crippen LogP contribution in [0.1, 0.15) is 41.4 Å². The molecule has 0 fully saturated rings. The molecule has 41 heavy (non-hydrogen) atoms. The van der Waals surface area contributed by atoms with E-state index in [1.165, 1.54) is 73.3 Å². The molecule has 0 aliphatic carbocycles. The maximum atomic E-state index is 10.8. The molecule has 14 nitrogen and oxygen atoms in total. The van der Waals surface area contributed by atoms with Gasteiger partial charge in [0, 0.05) is 24.8 Å². The molecule has 0 radical (unpaired) electrons. The zero-order valence-corrected chi connectivity index (χ0v) is 23.5. The molecule has 0 aromatic carbocycles. The monoisotopic (exact) mass is 696 g/mol. The van der Waals surface area contributed by atoms with Crippen molar-refractivity contribution in [1.82, 2.24) is 19.9 Å². The summed E-state index contributed by atoms with van der Waals surface area (Å²) in [7, 11) is 9.71. The molecule has 0 aliphatic heterocycles. The van der Waals surface area contributed by atoms with E-state index in [0.717, 1.165) is 0 Å². The first-order valence-electron chi connectivity index (χ1n) is 10.2. The Balaban J connectivity index is 0.000000682. The molecular weight excluding hydrogens is 676 g/mol. The van der Waals surface area contributed by atoms with Crippen molar-refractivity contribution < 1.29 is 65.7 Å². The van der Waals surface area contributed by atoms with Crippen molar-refractivity contribution in [3.05, 3.63) is 95.6 Å². The van der Waals surface area contributed by atoms with Gasteiger partial charge in [0.05, 0.1) is 45.0 Å². The van der Waals surface area contributed by atoms with Crippen LogP contribution >= 0.6 is 19.4 Å². The fourth-order valence-corrected chi connectivity index (χ4v) is 2.81. The molecule has 0 bridgehead atoms. The fourth-order valence-electron chi connectivity index (χ4n) is 2.81. The third-order valence-corrected chi connectivity index (χ3v) is 4.55. The van der Waals surface area contributed by atoms with Gasteiger partial charge in [-0.05, 0) is 48.5 Å². The second kappa shape index (κ2) is 18.0. The standard InChI is InChI=1S/2C12H8N2O4.2ClH.2H2O.Ru/c2*15-11(16)7-1-3-13-9(5-7)10-6-8(12(17)18)2-4-14-10;;;;;/h2*1-6H,(H,15,16)(H,17,18);2*1H;2*1H2;/q;;;;;;+2/p-2. The van der Waals surface area contributed by atoms with Crippen molar-refractivity contribution in [1.29, 1.82) is 0 Å². The summed E-state index contributed by atoms with van der Waals surface area (Å²) in [5, 5.41) is 35.4. The number of carboxylic acids is 4. The van der Waals surface area contributed by atoms with Gasteiger partial charge in [-0.15, -0.1) is 0 Å². The van der Waals surface area contributed by atoms with Gasteiger partial charge in [0.2, 0.25) is 0 Å². The van der Waals surface area contributed by atoms with Gasteiger partial charge in [-0.2, -0.15) is 0 Å². The van der Waals surface area contributed by atoms with Gasteiger partial charge in [0.1, 0.15) is 0 Å². The maximum absolute atomic E-state index is 10.8. The number of carbonyl (C=O) groups is 4. The van der Waals surface area contributed by atoms with Crippen molar-refractivity contribution >= 4 is 43.3 Å². The van der Waals surface area contributed by atoms with E-state index in [1.807, 2.05) is 0 Å². The summed E-state index contributed by atoms with van der Waals surface area (Å²) in [6.07, 6.45) is 5.36. The molecule has 0 saturated heterocycles. The van der Waals surface area contributed by atoms with Crippen LogP contribution in [0.5, 0.6) is 0 Å². The van der Waals surface area contributed by atoms with Crippen LogP contribution in [-0.4, -0.2) is 75.2 Å². The molecular formula is C24H20Cl2N4O10Ru. The fraction of sp³-hybridized carbons (Fsp3) is 0. The third kappa shape index (κ3) is 11.3. The number of nitrogens with zero attached hydrogens (tertiary/aromatic N) is 4. The molecule has 8 N–H and O–H groups in total. The summed E-state index contributed by atoms with van der Waals surface area (Å²) >= 11 is -0.346. The molecule has 4 aromatic heterocycles. The number of aromatic nitrogens is 4. The predicted molar refractivity (Wildman–Crippen MR) is 142 cm³/mol. The normalized spacial score (nSPS) is 9.32. The van der Waals surface area contributed by atoms with E-state index in [4.69, 9.17) is 39.8 Å². The van der Waals surface area contributed by atoms with Gasteiger partial charge >= 0.3 is 58.4 Å². The number of halogens is 2. The Kier molecular flexibility index (Phi) is 16.1. The Hall–Kier alpha value is -4.40. The topological polar surface area (TPSA) is 264 Å². The van der Waals surface area contributed by atoms with Crippen LogP contribution in [0.25, 0.3) is 22.8 Å². The average molecular weight is 696 g/mol. The summed E-state index contributed by atoms with van der Waals surface area (Å²) in [6, 6.07) is 10.8. The second-order valence-electron chi connectivity index (χ2n) is 6.99. The number of hydrogen-bond donors (Lipinski definition) is 4. The summed E-state index contributed by atoms with van der Waals surface area (Å²) in [4.78, 5) is 59.2. The first-order chi connectivity index (χ1) is 18.6. The van der Waals surface area contributed by atoms with Crippen LogP contribution < -0.4 is 0 Å². The number of hydrogen-bond acceptors (Lipinski definition) is 8. The summed E-state index contributed by atoms with van der Waals surface area (Å²) in [6.45, 7) is 0. The molecule has 0 unspecified atom stereocenters. The SMILES string of the molecule is O.O.O=C(O)c1ccnc(-c2cc(C(=O)O)ccn2)c1.O=C(O)c1ccnc(-c2cc(C(=O)O)ccn2)c1.[Cl][Ru][Cl]. The Morgan fingerprint density at radius 3 is 0.805 bits per heavy atom. The van der Waals surface area contributed by atoms with Crippen LogP contribution in [0.3, 0.4) is 0 Å². The van der Waals surface area contributed by atoms with Gasteiger partial charge in [-0.3, -0.25) is 19.9 Å². The third-order valence-electron chi connectivity index (χ3n) is 4.55. The van der Waals surface area contributed by atoms with Crippen LogP contribution in [0.15, 0.2) is 73.3 Å². The first-order valence-corrected chi connectivity index (χ1v) is 14.7. The second-order valence-corrected chi connectivity index (χ2v) is 9.63. The summed E-state index contributed by atoms with van der Waals surface area (Å²) in [5.41, 5.74) is 1.56. The van der Waals surface area contributed by atoms with Crippen LogP contribution in [0.4, 0.5) is 0 Å². The molecule has 17 heteroatoms. The Morgan fingerprint density at radius 1 is 0.488 bits per heavy atom. The molecule has 0 atom stereocenters. The quantitative estimate of drug-likeness (QED) is 0.212. The minimum atomic E-state index is -1.08. The van der Waals surface area contributed by atoms with E-state index in [-0.39, 0.29) is 48.4 Å². The van der Waals surface area contributed by atoms with Gasteiger partial charge < -0.3 is 31.4 Å². The zero-order chi connectivity index (χ0) is 28.9. The van der Waals surface area contributed by atoms with Crippen molar-refractivity contribution in [2.24, 2.45) is 0 Å². The minimum absolute atomic E-state index is 0. The number of pyridine rings is 4. The Labute approximate surface area is 246 Å². The van der Waals surface area contributed by atoms with E-state index in [9.17, 15) is 19.2 Å². The van der Waals surface area contributed by atoms with Crippen molar-refractivity contribution in [2.45, 2.75) is 0 Å². The summed E-state index contributed by atoms with van der Waals surface area (Å²) < 4.78 is 0. The van der Waals surface area contributed by atoms with Crippen molar-refractivity contribution in [3.8, 4) is 22.8 Å². The van der Waals surface area contributed by atoms with E-state index in [0.29, 0.717) is 22.8 Å². The molecule has 4 aromatic rings. The Bertz CT molecular complexity index is 1290. The predicted octanol–water partition coefficient (Wildman–Crippen LogP) is 2.81. The van der Waals surface area contributed by atoms with E-state index in [1.54, 1.807) is 0 Å². The van der Waals surface area contributed by atoms with Crippen molar-refractivity contribution in [2.75, 3.05) is 0 Å². The Morgan fingerprint density at radius 2 is 0.659 bits per heavy atom. The molecule has 4 rings (SSSR count). The van der Waals surface area contributed by atoms with Gasteiger partial charge in [-0.25, -0.2) is 19.2 Å². The van der Waals surface area contributed by atoms with Gasteiger partial charge in [-0.1, -0.05) is 0 Å². The first kappa shape index (κ1) is 36.6. The van der Waals surface area contributed by atoms with E-state index >= 15 is 0 Å². The van der Waals surface area contributed by atoms with Crippen LogP contribution in [0, 0.1) is 0 Å². The zero-order valence-electron chi connectivity index (χ0n) is 20.2. The van der Waals surface area contributed by atoms with E-state index < -0.39 is 23.9 Å². The van der Waals surface area contributed by atoms with Crippen LogP contribution in [-0.2, 0) is 15.1 Å². The van der Waals surface area contributed by atoms with Crippen LogP contribution in [0.2, 0.25) is 0 Å². The molecule has 0 saturated carbocycles.